The first-order valence-corrected chi connectivity index (χ1v) is 11.7. The van der Waals surface area contributed by atoms with Crippen molar-refractivity contribution in [2.24, 2.45) is 4.99 Å². The Kier molecular flexibility index (Phi) is 6.97. The Hall–Kier alpha value is -2.05. The molecule has 0 unspecified atom stereocenters. The minimum absolute atomic E-state index is 0.105. The van der Waals surface area contributed by atoms with Gasteiger partial charge in [0.15, 0.2) is 4.80 Å². The van der Waals surface area contributed by atoms with Crippen molar-refractivity contribution in [2.75, 3.05) is 12.0 Å². The molecule has 0 atom stereocenters. The van der Waals surface area contributed by atoms with Gasteiger partial charge in [-0.05, 0) is 68.5 Å². The third kappa shape index (κ3) is 4.86. The zero-order valence-electron chi connectivity index (χ0n) is 16.8. The van der Waals surface area contributed by atoms with E-state index in [0.717, 1.165) is 34.8 Å². The van der Waals surface area contributed by atoms with Crippen molar-refractivity contribution in [1.29, 1.82) is 0 Å². The van der Waals surface area contributed by atoms with E-state index in [0.29, 0.717) is 5.56 Å². The maximum absolute atomic E-state index is 12.8. The minimum Gasteiger partial charge on any atom is -0.491 e. The fourth-order valence-corrected chi connectivity index (χ4v) is 4.40. The molecule has 0 aliphatic rings. The minimum atomic E-state index is -0.226. The first-order valence-electron chi connectivity index (χ1n) is 9.48. The number of nitrogens with zero attached hydrogens (tertiary/aromatic N) is 2. The number of aryl methyl sites for hydroxylation is 2. The lowest BCUT2D eigenvalue weighted by molar-refractivity contribution is 0.0998. The van der Waals surface area contributed by atoms with Crippen molar-refractivity contribution in [3.63, 3.8) is 0 Å². The van der Waals surface area contributed by atoms with E-state index >= 15 is 0 Å². The van der Waals surface area contributed by atoms with E-state index in [-0.39, 0.29) is 12.0 Å². The molecule has 0 saturated carbocycles. The molecule has 148 valence electrons. The number of thiazole rings is 1. The SMILES string of the molecule is CCc1ccc2c(c1)sc(=NC(=O)c1ccc(OC(C)C)cc1)n2CCSC. The molecule has 1 aromatic heterocycles. The van der Waals surface area contributed by atoms with E-state index in [1.807, 2.05) is 26.0 Å². The molecular formula is C22H26N2O2S2. The maximum atomic E-state index is 12.8. The summed E-state index contributed by atoms with van der Waals surface area (Å²) in [6.45, 7) is 6.94. The van der Waals surface area contributed by atoms with Crippen LogP contribution in [0.4, 0.5) is 0 Å². The number of amides is 1. The molecule has 0 fully saturated rings. The van der Waals surface area contributed by atoms with Crippen LogP contribution in [-0.2, 0) is 13.0 Å². The third-order valence-electron chi connectivity index (χ3n) is 4.34. The molecule has 0 aliphatic heterocycles. The normalized spacial score (nSPS) is 12.1. The first-order chi connectivity index (χ1) is 13.5. The molecule has 3 rings (SSSR count). The summed E-state index contributed by atoms with van der Waals surface area (Å²) in [5, 5.41) is 0. The van der Waals surface area contributed by atoms with Gasteiger partial charge >= 0.3 is 0 Å². The Morgan fingerprint density at radius 2 is 1.96 bits per heavy atom. The van der Waals surface area contributed by atoms with Crippen LogP contribution in [0.5, 0.6) is 5.75 Å². The van der Waals surface area contributed by atoms with Gasteiger partial charge in [0.1, 0.15) is 5.75 Å². The van der Waals surface area contributed by atoms with Crippen LogP contribution in [0, 0.1) is 0 Å². The van der Waals surface area contributed by atoms with Crippen LogP contribution in [0.15, 0.2) is 47.5 Å². The highest BCUT2D eigenvalue weighted by molar-refractivity contribution is 7.98. The average molecular weight is 415 g/mol. The lowest BCUT2D eigenvalue weighted by Crippen LogP contribution is -2.18. The Morgan fingerprint density at radius 3 is 2.61 bits per heavy atom. The molecule has 1 amide bonds. The summed E-state index contributed by atoms with van der Waals surface area (Å²) in [5.74, 6) is 1.51. The molecule has 28 heavy (non-hydrogen) atoms. The van der Waals surface area contributed by atoms with Gasteiger partial charge < -0.3 is 9.30 Å². The summed E-state index contributed by atoms with van der Waals surface area (Å²) in [6, 6.07) is 13.7. The van der Waals surface area contributed by atoms with Gasteiger partial charge in [-0.2, -0.15) is 16.8 Å². The molecule has 3 aromatic rings. The average Bonchev–Trinajstić information content (AvgIpc) is 3.02. The highest BCUT2D eigenvalue weighted by Gasteiger charge is 2.10. The number of ether oxygens (including phenoxy) is 1. The molecule has 0 bridgehead atoms. The van der Waals surface area contributed by atoms with Gasteiger partial charge in [-0.1, -0.05) is 24.3 Å². The number of carbonyl (C=O) groups excluding carboxylic acids is 1. The van der Waals surface area contributed by atoms with Crippen molar-refractivity contribution in [3.8, 4) is 5.75 Å². The van der Waals surface area contributed by atoms with E-state index in [1.54, 1.807) is 35.2 Å². The maximum Gasteiger partial charge on any atom is 0.279 e. The van der Waals surface area contributed by atoms with Gasteiger partial charge in [0, 0.05) is 17.9 Å². The molecule has 0 saturated heterocycles. The zero-order valence-corrected chi connectivity index (χ0v) is 18.4. The number of thioether (sulfide) groups is 1. The highest BCUT2D eigenvalue weighted by atomic mass is 32.2. The summed E-state index contributed by atoms with van der Waals surface area (Å²) in [6.07, 6.45) is 3.19. The van der Waals surface area contributed by atoms with Gasteiger partial charge in [0.25, 0.3) is 5.91 Å². The summed E-state index contributed by atoms with van der Waals surface area (Å²) >= 11 is 3.37. The number of rotatable bonds is 7. The second kappa shape index (κ2) is 9.43. The van der Waals surface area contributed by atoms with Crippen LogP contribution >= 0.6 is 23.1 Å². The Balaban J connectivity index is 1.98. The number of benzene rings is 2. The summed E-state index contributed by atoms with van der Waals surface area (Å²) < 4.78 is 8.98. The van der Waals surface area contributed by atoms with Gasteiger partial charge in [-0.25, -0.2) is 0 Å². The van der Waals surface area contributed by atoms with Crippen LogP contribution in [0.3, 0.4) is 0 Å². The predicted molar refractivity (Wildman–Crippen MR) is 120 cm³/mol. The van der Waals surface area contributed by atoms with Crippen LogP contribution in [0.2, 0.25) is 0 Å². The summed E-state index contributed by atoms with van der Waals surface area (Å²) in [7, 11) is 0. The van der Waals surface area contributed by atoms with Crippen LogP contribution in [0.25, 0.3) is 10.2 Å². The monoisotopic (exact) mass is 414 g/mol. The lowest BCUT2D eigenvalue weighted by Gasteiger charge is -2.09. The van der Waals surface area contributed by atoms with E-state index in [1.165, 1.54) is 10.3 Å². The molecule has 0 aliphatic carbocycles. The van der Waals surface area contributed by atoms with E-state index < -0.39 is 0 Å². The van der Waals surface area contributed by atoms with E-state index in [4.69, 9.17) is 4.74 Å². The molecule has 0 spiro atoms. The molecule has 4 nitrogen and oxygen atoms in total. The quantitative estimate of drug-likeness (QED) is 0.537. The van der Waals surface area contributed by atoms with Crippen molar-refractivity contribution in [1.82, 2.24) is 4.57 Å². The van der Waals surface area contributed by atoms with Gasteiger partial charge in [0.2, 0.25) is 0 Å². The second-order valence-corrected chi connectivity index (χ2v) is 8.79. The number of hydrogen-bond donors (Lipinski definition) is 0. The first kappa shape index (κ1) is 20.7. The second-order valence-electron chi connectivity index (χ2n) is 6.79. The zero-order chi connectivity index (χ0) is 20.1. The summed E-state index contributed by atoms with van der Waals surface area (Å²) in [4.78, 5) is 18.0. The van der Waals surface area contributed by atoms with Crippen LogP contribution in [0.1, 0.15) is 36.7 Å². The van der Waals surface area contributed by atoms with E-state index in [9.17, 15) is 4.79 Å². The fourth-order valence-electron chi connectivity index (χ4n) is 2.92. The molecule has 1 heterocycles. The van der Waals surface area contributed by atoms with Crippen molar-refractivity contribution in [2.45, 2.75) is 39.8 Å². The number of carbonyl (C=O) groups is 1. The van der Waals surface area contributed by atoms with Crippen LogP contribution in [-0.4, -0.2) is 28.6 Å². The number of hydrogen-bond acceptors (Lipinski definition) is 4. The Morgan fingerprint density at radius 1 is 1.21 bits per heavy atom. The fraction of sp³-hybridized carbons (Fsp3) is 0.364. The van der Waals surface area contributed by atoms with Crippen LogP contribution < -0.4 is 9.54 Å². The third-order valence-corrected chi connectivity index (χ3v) is 5.98. The largest absolute Gasteiger partial charge is 0.491 e. The standard InChI is InChI=1S/C22H26N2O2S2/c1-5-16-6-11-19-20(14-16)28-22(24(19)12-13-27-4)23-21(25)17-7-9-18(10-8-17)26-15(2)3/h6-11,14-15H,5,12-13H2,1-4H3. The Bertz CT molecular complexity index is 1020. The number of aromatic nitrogens is 1. The topological polar surface area (TPSA) is 43.6 Å². The van der Waals surface area contributed by atoms with Gasteiger partial charge in [0.05, 0.1) is 16.3 Å². The highest BCUT2D eigenvalue weighted by Crippen LogP contribution is 2.20. The number of fused-ring (bicyclic) bond motifs is 1. The lowest BCUT2D eigenvalue weighted by atomic mass is 10.2. The predicted octanol–water partition coefficient (Wildman–Crippen LogP) is 5.16. The van der Waals surface area contributed by atoms with Crippen molar-refractivity contribution in [3.05, 3.63) is 58.4 Å². The van der Waals surface area contributed by atoms with Gasteiger partial charge in [-0.3, -0.25) is 4.79 Å². The van der Waals surface area contributed by atoms with E-state index in [2.05, 4.69) is 40.9 Å². The molecule has 6 heteroatoms. The summed E-state index contributed by atoms with van der Waals surface area (Å²) in [5.41, 5.74) is 3.01. The molecular weight excluding hydrogens is 388 g/mol. The smallest absolute Gasteiger partial charge is 0.279 e. The molecule has 0 radical (unpaired) electrons. The molecule has 0 N–H and O–H groups in total. The van der Waals surface area contributed by atoms with Crippen molar-refractivity contribution >= 4 is 39.2 Å². The molecule has 2 aromatic carbocycles. The Labute approximate surface area is 174 Å². The van der Waals surface area contributed by atoms with Gasteiger partial charge in [-0.15, -0.1) is 0 Å². The van der Waals surface area contributed by atoms with Crippen molar-refractivity contribution < 1.29 is 9.53 Å².